The molecule has 0 spiro atoms. The van der Waals surface area contributed by atoms with Crippen molar-refractivity contribution in [1.29, 1.82) is 0 Å². The number of benzene rings is 1. The van der Waals surface area contributed by atoms with Crippen LogP contribution in [0.3, 0.4) is 0 Å². The van der Waals surface area contributed by atoms with Crippen molar-refractivity contribution in [3.05, 3.63) is 45.8 Å². The summed E-state index contributed by atoms with van der Waals surface area (Å²) in [5.41, 5.74) is 0.965. The number of sulfonamides is 1. The fraction of sp³-hybridized carbons (Fsp3) is 0.583. The predicted octanol–water partition coefficient (Wildman–Crippen LogP) is 3.46. The maximum Gasteiger partial charge on any atom is 0.316 e. The Morgan fingerprint density at radius 3 is 2.50 bits per heavy atom. The first kappa shape index (κ1) is 23.6. The highest BCUT2D eigenvalue weighted by atomic mass is 35.5. The van der Waals surface area contributed by atoms with E-state index in [-0.39, 0.29) is 22.0 Å². The maximum atomic E-state index is 13.5. The van der Waals surface area contributed by atoms with E-state index in [9.17, 15) is 13.2 Å². The Morgan fingerprint density at radius 2 is 1.85 bits per heavy atom. The van der Waals surface area contributed by atoms with Crippen LogP contribution < -0.4 is 15.2 Å². The molecule has 2 aliphatic heterocycles. The van der Waals surface area contributed by atoms with Crippen LogP contribution in [0.5, 0.6) is 5.75 Å². The fourth-order valence-electron chi connectivity index (χ4n) is 4.73. The van der Waals surface area contributed by atoms with Gasteiger partial charge in [-0.15, -0.1) is 0 Å². The third-order valence-corrected chi connectivity index (χ3v) is 9.90. The molecule has 2 saturated heterocycles. The van der Waals surface area contributed by atoms with E-state index in [1.54, 1.807) is 34.8 Å². The Labute approximate surface area is 205 Å². The minimum absolute atomic E-state index is 0.102. The molecule has 0 unspecified atom stereocenters. The van der Waals surface area contributed by atoms with Gasteiger partial charge in [0.1, 0.15) is 5.69 Å². The molecule has 1 saturated carbocycles. The van der Waals surface area contributed by atoms with Crippen molar-refractivity contribution >= 4 is 27.3 Å². The number of piperidine rings is 1. The molecule has 0 N–H and O–H groups in total. The van der Waals surface area contributed by atoms with Gasteiger partial charge in [-0.05, 0) is 56.7 Å². The first-order chi connectivity index (χ1) is 16.3. The van der Waals surface area contributed by atoms with Crippen LogP contribution in [0.15, 0.2) is 35.3 Å². The van der Waals surface area contributed by atoms with E-state index in [2.05, 4.69) is 12.0 Å². The number of ether oxygens (including phenoxy) is 1. The van der Waals surface area contributed by atoms with Crippen LogP contribution in [-0.2, 0) is 10.0 Å². The Bertz CT molecular complexity index is 1210. The molecule has 8 nitrogen and oxygen atoms in total. The number of aromatic nitrogens is 2. The Kier molecular flexibility index (Phi) is 6.37. The first-order valence-corrected chi connectivity index (χ1v) is 13.9. The molecule has 184 valence electrons. The normalized spacial score (nSPS) is 21.1. The van der Waals surface area contributed by atoms with Gasteiger partial charge in [-0.2, -0.15) is 9.78 Å². The molecule has 0 atom stereocenters. The second kappa shape index (κ2) is 9.17. The molecule has 2 aromatic rings. The van der Waals surface area contributed by atoms with E-state index in [0.29, 0.717) is 62.0 Å². The van der Waals surface area contributed by atoms with Crippen molar-refractivity contribution in [3.8, 4) is 11.4 Å². The largest absolute Gasteiger partial charge is 0.486 e. The molecule has 3 aliphatic rings. The van der Waals surface area contributed by atoms with Crippen LogP contribution >= 0.6 is 11.6 Å². The lowest BCUT2D eigenvalue weighted by Crippen LogP contribution is -2.45. The summed E-state index contributed by atoms with van der Waals surface area (Å²) in [6.07, 6.45) is 6.73. The number of anilines is 1. The van der Waals surface area contributed by atoms with Crippen molar-refractivity contribution in [2.45, 2.75) is 50.7 Å². The molecule has 34 heavy (non-hydrogen) atoms. The van der Waals surface area contributed by atoms with Gasteiger partial charge in [0.05, 0.1) is 23.7 Å². The zero-order valence-corrected chi connectivity index (χ0v) is 21.0. The number of hydrogen-bond donors (Lipinski definition) is 0. The topological polar surface area (TPSA) is 84.7 Å². The summed E-state index contributed by atoms with van der Waals surface area (Å²) in [5.74, 6) is 0.268. The van der Waals surface area contributed by atoms with Crippen molar-refractivity contribution in [1.82, 2.24) is 14.1 Å². The summed E-state index contributed by atoms with van der Waals surface area (Å²) in [7, 11) is -3.27. The highest BCUT2D eigenvalue weighted by molar-refractivity contribution is 7.89. The van der Waals surface area contributed by atoms with E-state index in [1.807, 2.05) is 4.90 Å². The number of nitrogens with zero attached hydrogens (tertiary/aromatic N) is 4. The van der Waals surface area contributed by atoms with E-state index < -0.39 is 10.0 Å². The predicted molar refractivity (Wildman–Crippen MR) is 133 cm³/mol. The molecular weight excluding hydrogens is 476 g/mol. The molecule has 0 bridgehead atoms. The summed E-state index contributed by atoms with van der Waals surface area (Å²) < 4.78 is 35.1. The Morgan fingerprint density at radius 1 is 1.15 bits per heavy atom. The van der Waals surface area contributed by atoms with E-state index in [4.69, 9.17) is 16.3 Å². The highest BCUT2D eigenvalue weighted by Gasteiger charge is 2.39. The van der Waals surface area contributed by atoms with Gasteiger partial charge in [-0.1, -0.05) is 24.6 Å². The van der Waals surface area contributed by atoms with E-state index in [0.717, 1.165) is 25.7 Å². The lowest BCUT2D eigenvalue weighted by molar-refractivity contribution is 0.243. The number of hydrogen-bond acceptors (Lipinski definition) is 6. The van der Waals surface area contributed by atoms with Crippen molar-refractivity contribution in [2.75, 3.05) is 37.7 Å². The second-order valence-corrected chi connectivity index (χ2v) is 12.6. The van der Waals surface area contributed by atoms with E-state index in [1.165, 1.54) is 4.68 Å². The molecule has 0 amide bonds. The third-order valence-electron chi connectivity index (χ3n) is 7.26. The van der Waals surface area contributed by atoms with Gasteiger partial charge in [-0.3, -0.25) is 4.79 Å². The van der Waals surface area contributed by atoms with E-state index >= 15 is 0 Å². The van der Waals surface area contributed by atoms with Crippen LogP contribution in [0.25, 0.3) is 5.69 Å². The van der Waals surface area contributed by atoms with Gasteiger partial charge in [0.25, 0.3) is 0 Å². The standard InChI is InChI=1S/C24H31ClN4O4S/c1-24(9-10-24)17-33-22-21(16-26-29(23(22)30)19-6-4-5-18(25)15-19)27-13-7-20(8-14-27)34(31,32)28-11-2-3-12-28/h4-6,15-16,20H,2-3,7-14,17H2,1H3. The van der Waals surface area contributed by atoms with Gasteiger partial charge < -0.3 is 9.64 Å². The molecular formula is C24H31ClN4O4S. The number of rotatable bonds is 7. The van der Waals surface area contributed by atoms with Crippen molar-refractivity contribution in [3.63, 3.8) is 0 Å². The van der Waals surface area contributed by atoms with Crippen LogP contribution in [0.2, 0.25) is 5.02 Å². The summed E-state index contributed by atoms with van der Waals surface area (Å²) in [6, 6.07) is 6.99. The van der Waals surface area contributed by atoms with Gasteiger partial charge in [0.2, 0.25) is 15.8 Å². The maximum absolute atomic E-state index is 13.5. The van der Waals surface area contributed by atoms with Gasteiger partial charge in [0.15, 0.2) is 0 Å². The average molecular weight is 507 g/mol. The fourth-order valence-corrected chi connectivity index (χ4v) is 6.91. The van der Waals surface area contributed by atoms with Crippen LogP contribution in [0.1, 0.15) is 45.4 Å². The molecule has 1 aromatic carbocycles. The molecule has 10 heteroatoms. The second-order valence-electron chi connectivity index (χ2n) is 9.99. The van der Waals surface area contributed by atoms with Crippen molar-refractivity contribution < 1.29 is 13.2 Å². The molecule has 3 fully saturated rings. The van der Waals surface area contributed by atoms with Gasteiger partial charge in [-0.25, -0.2) is 12.7 Å². The Balaban J connectivity index is 1.40. The lowest BCUT2D eigenvalue weighted by atomic mass is 10.1. The lowest BCUT2D eigenvalue weighted by Gasteiger charge is -2.35. The minimum atomic E-state index is -3.27. The summed E-state index contributed by atoms with van der Waals surface area (Å²) >= 11 is 6.13. The quantitative estimate of drug-likeness (QED) is 0.571. The van der Waals surface area contributed by atoms with Crippen LogP contribution in [0, 0.1) is 5.41 Å². The third kappa shape index (κ3) is 4.70. The summed E-state index contributed by atoms with van der Waals surface area (Å²) in [6.45, 7) is 4.95. The molecule has 5 rings (SSSR count). The van der Waals surface area contributed by atoms with Crippen LogP contribution in [-0.4, -0.2) is 60.5 Å². The zero-order chi connectivity index (χ0) is 23.9. The molecule has 1 aliphatic carbocycles. The minimum Gasteiger partial charge on any atom is -0.486 e. The summed E-state index contributed by atoms with van der Waals surface area (Å²) in [4.78, 5) is 15.5. The molecule has 1 aromatic heterocycles. The first-order valence-electron chi connectivity index (χ1n) is 12.0. The van der Waals surface area contributed by atoms with Crippen molar-refractivity contribution in [2.24, 2.45) is 5.41 Å². The van der Waals surface area contributed by atoms with Gasteiger partial charge >= 0.3 is 5.56 Å². The highest BCUT2D eigenvalue weighted by Crippen LogP contribution is 2.45. The van der Waals surface area contributed by atoms with Gasteiger partial charge in [0, 0.05) is 36.6 Å². The number of halogens is 1. The zero-order valence-electron chi connectivity index (χ0n) is 19.5. The average Bonchev–Trinajstić information content (AvgIpc) is 3.31. The molecule has 3 heterocycles. The van der Waals surface area contributed by atoms with Crippen LogP contribution in [0.4, 0.5) is 5.69 Å². The SMILES string of the molecule is CC1(COc2c(N3CCC(S(=O)(=O)N4CCCC4)CC3)cnn(-c3cccc(Cl)c3)c2=O)CC1. The Hall–Kier alpha value is -2.10. The molecule has 0 radical (unpaired) electrons. The monoisotopic (exact) mass is 506 g/mol. The smallest absolute Gasteiger partial charge is 0.316 e. The summed E-state index contributed by atoms with van der Waals surface area (Å²) in [5, 5.41) is 4.55.